The van der Waals surface area contributed by atoms with Crippen molar-refractivity contribution in [2.45, 2.75) is 32.7 Å². The van der Waals surface area contributed by atoms with Crippen molar-refractivity contribution in [3.63, 3.8) is 0 Å². The van der Waals surface area contributed by atoms with Crippen LogP contribution in [0.15, 0.2) is 57.2 Å². The van der Waals surface area contributed by atoms with Crippen LogP contribution in [0, 0.1) is 5.82 Å². The van der Waals surface area contributed by atoms with Crippen molar-refractivity contribution in [3.05, 3.63) is 80.9 Å². The third-order valence-corrected chi connectivity index (χ3v) is 6.57. The highest BCUT2D eigenvalue weighted by molar-refractivity contribution is 7.13. The van der Waals surface area contributed by atoms with Gasteiger partial charge in [-0.15, -0.1) is 11.3 Å². The van der Waals surface area contributed by atoms with Crippen LogP contribution < -0.4 is 19.8 Å². The molecule has 0 N–H and O–H groups in total. The first-order valence-corrected chi connectivity index (χ1v) is 12.3. The molecule has 0 aliphatic carbocycles. The van der Waals surface area contributed by atoms with Crippen molar-refractivity contribution in [3.8, 4) is 11.5 Å². The summed E-state index contributed by atoms with van der Waals surface area (Å²) in [7, 11) is 0. The minimum atomic E-state index is -0.823. The van der Waals surface area contributed by atoms with Gasteiger partial charge < -0.3 is 13.9 Å². The van der Waals surface area contributed by atoms with Gasteiger partial charge >= 0.3 is 0 Å². The Morgan fingerprint density at radius 3 is 2.71 bits per heavy atom. The normalized spacial score (nSPS) is 15.0. The van der Waals surface area contributed by atoms with Gasteiger partial charge in [0, 0.05) is 11.6 Å². The maximum Gasteiger partial charge on any atom is 0.297 e. The van der Waals surface area contributed by atoms with Crippen LogP contribution in [0.25, 0.3) is 11.0 Å². The zero-order chi connectivity index (χ0) is 24.5. The molecule has 0 spiro atoms. The summed E-state index contributed by atoms with van der Waals surface area (Å²) in [6.07, 6.45) is 3.49. The first-order chi connectivity index (χ1) is 17.0. The molecule has 0 fully saturated rings. The van der Waals surface area contributed by atoms with E-state index in [1.165, 1.54) is 28.4 Å². The molecule has 180 valence electrons. The zero-order valence-electron chi connectivity index (χ0n) is 19.2. The molecule has 2 aromatic carbocycles. The third kappa shape index (κ3) is 4.05. The van der Waals surface area contributed by atoms with E-state index in [4.69, 9.17) is 13.9 Å². The summed E-state index contributed by atoms with van der Waals surface area (Å²) in [5, 5.41) is 2.24. The molecule has 3 heterocycles. The van der Waals surface area contributed by atoms with Crippen LogP contribution >= 0.6 is 11.3 Å². The van der Waals surface area contributed by atoms with Gasteiger partial charge in [-0.25, -0.2) is 9.37 Å². The number of aromatic nitrogens is 1. The molecule has 9 heteroatoms. The van der Waals surface area contributed by atoms with E-state index in [1.807, 2.05) is 6.92 Å². The van der Waals surface area contributed by atoms with E-state index in [1.54, 1.807) is 29.8 Å². The van der Waals surface area contributed by atoms with Gasteiger partial charge in [0.15, 0.2) is 22.1 Å². The lowest BCUT2D eigenvalue weighted by molar-refractivity contribution is 0.0971. The Labute approximate surface area is 204 Å². The molecule has 35 heavy (non-hydrogen) atoms. The van der Waals surface area contributed by atoms with Crippen molar-refractivity contribution < 1.29 is 23.1 Å². The highest BCUT2D eigenvalue weighted by Gasteiger charge is 2.45. The average Bonchev–Trinajstić information content (AvgIpc) is 3.47. The van der Waals surface area contributed by atoms with Crippen LogP contribution in [-0.4, -0.2) is 24.1 Å². The smallest absolute Gasteiger partial charge is 0.297 e. The fourth-order valence-electron chi connectivity index (χ4n) is 4.20. The van der Waals surface area contributed by atoms with Gasteiger partial charge in [-0.1, -0.05) is 19.4 Å². The first kappa shape index (κ1) is 23.0. The second kappa shape index (κ2) is 9.50. The molecule has 1 aliphatic heterocycles. The van der Waals surface area contributed by atoms with E-state index in [0.29, 0.717) is 35.4 Å². The van der Waals surface area contributed by atoms with Crippen molar-refractivity contribution in [1.29, 1.82) is 0 Å². The highest BCUT2D eigenvalue weighted by atomic mass is 32.1. The molecule has 1 unspecified atom stereocenters. The van der Waals surface area contributed by atoms with Crippen LogP contribution in [0.3, 0.4) is 0 Å². The molecular weight excluding hydrogens is 471 g/mol. The number of thiazole rings is 1. The molecule has 0 saturated carbocycles. The summed E-state index contributed by atoms with van der Waals surface area (Å²) in [6, 6.07) is 8.21. The number of amides is 1. The van der Waals surface area contributed by atoms with Gasteiger partial charge in [0.2, 0.25) is 5.76 Å². The highest BCUT2D eigenvalue weighted by Crippen LogP contribution is 2.43. The number of halogens is 1. The number of carbonyl (C=O) groups excluding carboxylic acids is 1. The Kier molecular flexibility index (Phi) is 6.25. The Morgan fingerprint density at radius 1 is 1.11 bits per heavy atom. The maximum atomic E-state index is 14.0. The number of fused-ring (bicyclic) bond motifs is 2. The Morgan fingerprint density at radius 2 is 1.97 bits per heavy atom. The third-order valence-electron chi connectivity index (χ3n) is 5.80. The zero-order valence-corrected chi connectivity index (χ0v) is 20.1. The lowest BCUT2D eigenvalue weighted by atomic mass is 9.98. The summed E-state index contributed by atoms with van der Waals surface area (Å²) in [6.45, 7) is 4.91. The molecule has 1 aliphatic rings. The summed E-state index contributed by atoms with van der Waals surface area (Å²) in [5.41, 5.74) is 0.462. The fourth-order valence-corrected chi connectivity index (χ4v) is 4.87. The SMILES string of the molecule is CCCCOc1ccc(C2c3c(oc4ccc(F)cc4c3=O)C(=O)N2c2nccs2)cc1OCC. The summed E-state index contributed by atoms with van der Waals surface area (Å²) >= 11 is 1.27. The van der Waals surface area contributed by atoms with Gasteiger partial charge in [-0.3, -0.25) is 14.5 Å². The number of ether oxygens (including phenoxy) is 2. The Hall–Kier alpha value is -3.72. The van der Waals surface area contributed by atoms with Gasteiger partial charge in [-0.2, -0.15) is 0 Å². The summed E-state index contributed by atoms with van der Waals surface area (Å²) < 4.78 is 31.6. The lowest BCUT2D eigenvalue weighted by Gasteiger charge is -2.23. The number of rotatable bonds is 8. The molecule has 0 saturated heterocycles. The largest absolute Gasteiger partial charge is 0.490 e. The monoisotopic (exact) mass is 494 g/mol. The van der Waals surface area contributed by atoms with Crippen LogP contribution in [0.2, 0.25) is 0 Å². The van der Waals surface area contributed by atoms with E-state index in [2.05, 4.69) is 11.9 Å². The second-order valence-corrected chi connectivity index (χ2v) is 8.92. The topological polar surface area (TPSA) is 81.9 Å². The minimum Gasteiger partial charge on any atom is -0.490 e. The van der Waals surface area contributed by atoms with E-state index < -0.39 is 23.2 Å². The van der Waals surface area contributed by atoms with Crippen molar-refractivity contribution >= 4 is 33.3 Å². The second-order valence-electron chi connectivity index (χ2n) is 8.05. The molecule has 0 bridgehead atoms. The number of carbonyl (C=O) groups is 1. The van der Waals surface area contributed by atoms with Crippen molar-refractivity contribution in [1.82, 2.24) is 4.98 Å². The number of benzene rings is 2. The predicted octanol–water partition coefficient (Wildman–Crippen LogP) is 5.72. The molecule has 5 rings (SSSR count). The minimum absolute atomic E-state index is 0.0736. The molecular formula is C26H23FN2O5S. The number of hydrogen-bond donors (Lipinski definition) is 0. The van der Waals surface area contributed by atoms with Gasteiger partial charge in [0.1, 0.15) is 11.4 Å². The van der Waals surface area contributed by atoms with E-state index in [9.17, 15) is 14.0 Å². The van der Waals surface area contributed by atoms with Crippen LogP contribution in [0.1, 0.15) is 54.4 Å². The van der Waals surface area contributed by atoms with E-state index in [-0.39, 0.29) is 22.3 Å². The van der Waals surface area contributed by atoms with Crippen LogP contribution in [-0.2, 0) is 0 Å². The number of hydrogen-bond acceptors (Lipinski definition) is 7. The molecule has 4 aromatic rings. The maximum absolute atomic E-state index is 14.0. The van der Waals surface area contributed by atoms with Crippen LogP contribution in [0.4, 0.5) is 9.52 Å². The van der Waals surface area contributed by atoms with Gasteiger partial charge in [0.05, 0.1) is 30.2 Å². The summed E-state index contributed by atoms with van der Waals surface area (Å²) in [5.74, 6) is -0.0195. The van der Waals surface area contributed by atoms with Crippen LogP contribution in [0.5, 0.6) is 11.5 Å². The molecule has 0 radical (unpaired) electrons. The van der Waals surface area contributed by atoms with Crippen molar-refractivity contribution in [2.75, 3.05) is 18.1 Å². The average molecular weight is 495 g/mol. The predicted molar refractivity (Wildman–Crippen MR) is 131 cm³/mol. The lowest BCUT2D eigenvalue weighted by Crippen LogP contribution is -2.29. The Balaban J connectivity index is 1.70. The summed E-state index contributed by atoms with van der Waals surface area (Å²) in [4.78, 5) is 32.9. The van der Waals surface area contributed by atoms with Gasteiger partial charge in [-0.05, 0) is 49.2 Å². The number of anilines is 1. The first-order valence-electron chi connectivity index (χ1n) is 11.4. The van der Waals surface area contributed by atoms with E-state index >= 15 is 0 Å². The molecule has 1 amide bonds. The quantitative estimate of drug-likeness (QED) is 0.292. The number of unbranched alkanes of at least 4 members (excludes halogenated alkanes) is 1. The Bertz CT molecular complexity index is 1450. The van der Waals surface area contributed by atoms with Gasteiger partial charge in [0.25, 0.3) is 5.91 Å². The standard InChI is InChI=1S/C26H23FN2O5S/c1-3-5-11-33-19-8-6-15(13-20(19)32-4-2)22-21-23(30)17-14-16(27)7-9-18(17)34-24(21)25(31)29(22)26-28-10-12-35-26/h6-10,12-14,22H,3-5,11H2,1-2H3. The van der Waals surface area contributed by atoms with Crippen molar-refractivity contribution in [2.24, 2.45) is 0 Å². The van der Waals surface area contributed by atoms with E-state index in [0.717, 1.165) is 18.9 Å². The fraction of sp³-hybridized carbons (Fsp3) is 0.269. The molecule has 7 nitrogen and oxygen atoms in total. The molecule has 1 atom stereocenters. The molecule has 2 aromatic heterocycles. The number of nitrogens with zero attached hydrogens (tertiary/aromatic N) is 2.